The molecule has 0 aliphatic carbocycles. The number of hydrogen-bond donors (Lipinski definition) is 2. The van der Waals surface area contributed by atoms with E-state index in [0.717, 1.165) is 5.56 Å². The van der Waals surface area contributed by atoms with Gasteiger partial charge in [-0.2, -0.15) is 0 Å². The van der Waals surface area contributed by atoms with Gasteiger partial charge in [0.2, 0.25) is 11.7 Å². The summed E-state index contributed by atoms with van der Waals surface area (Å²) in [5.41, 5.74) is 1.23. The third kappa shape index (κ3) is 5.79. The third-order valence-corrected chi connectivity index (χ3v) is 4.18. The van der Waals surface area contributed by atoms with E-state index < -0.39 is 0 Å². The lowest BCUT2D eigenvalue weighted by Gasteiger charge is -2.14. The van der Waals surface area contributed by atoms with Crippen LogP contribution in [-0.4, -0.2) is 46.2 Å². The Bertz CT molecular complexity index is 799. The number of hydrogen-bond acceptors (Lipinski definition) is 5. The van der Waals surface area contributed by atoms with Crippen molar-refractivity contribution in [2.75, 3.05) is 34.4 Å². The molecule has 28 heavy (non-hydrogen) atoms. The second-order valence-corrected chi connectivity index (χ2v) is 6.26. The Morgan fingerprint density at radius 1 is 0.893 bits per heavy atom. The van der Waals surface area contributed by atoms with Crippen molar-refractivity contribution in [2.45, 2.75) is 6.42 Å². The molecule has 0 spiro atoms. The Hall–Kier alpha value is -2.93. The molecular formula is C20H23ClN2O5. The van der Waals surface area contributed by atoms with Crippen LogP contribution in [0.1, 0.15) is 15.9 Å². The summed E-state index contributed by atoms with van der Waals surface area (Å²) < 4.78 is 15.8. The number of benzene rings is 2. The first-order chi connectivity index (χ1) is 13.5. The van der Waals surface area contributed by atoms with E-state index in [1.807, 2.05) is 0 Å². The highest BCUT2D eigenvalue weighted by molar-refractivity contribution is 6.30. The Balaban J connectivity index is 1.84. The number of methoxy groups -OCH3 is 3. The normalized spacial score (nSPS) is 10.1. The second-order valence-electron chi connectivity index (χ2n) is 5.82. The summed E-state index contributed by atoms with van der Waals surface area (Å²) in [6.07, 6.45) is 0.141. The molecule has 0 aromatic heterocycles. The zero-order valence-electron chi connectivity index (χ0n) is 16.0. The Kier molecular flexibility index (Phi) is 7.95. The fourth-order valence-electron chi connectivity index (χ4n) is 2.57. The molecule has 0 atom stereocenters. The minimum absolute atomic E-state index is 0.141. The van der Waals surface area contributed by atoms with E-state index in [4.69, 9.17) is 25.8 Å². The number of carbonyl (C=O) groups is 2. The zero-order valence-corrected chi connectivity index (χ0v) is 16.8. The predicted molar refractivity (Wildman–Crippen MR) is 107 cm³/mol. The summed E-state index contributed by atoms with van der Waals surface area (Å²) in [5.74, 6) is 1.03. The van der Waals surface area contributed by atoms with Crippen molar-refractivity contribution in [1.82, 2.24) is 10.6 Å². The maximum absolute atomic E-state index is 12.2. The summed E-state index contributed by atoms with van der Waals surface area (Å²) in [7, 11) is 4.56. The van der Waals surface area contributed by atoms with Crippen LogP contribution in [0.25, 0.3) is 0 Å². The molecule has 0 aliphatic heterocycles. The quantitative estimate of drug-likeness (QED) is 0.625. The molecule has 8 heteroatoms. The molecule has 0 radical (unpaired) electrons. The molecule has 0 saturated heterocycles. The van der Waals surface area contributed by atoms with E-state index in [1.54, 1.807) is 36.4 Å². The summed E-state index contributed by atoms with van der Waals surface area (Å²) in [6.45, 7) is 0.616. The molecule has 0 fully saturated rings. The number of carbonyl (C=O) groups excluding carboxylic acids is 2. The average molecular weight is 407 g/mol. The van der Waals surface area contributed by atoms with Gasteiger partial charge in [-0.05, 0) is 42.0 Å². The summed E-state index contributed by atoms with van der Waals surface area (Å²) in [6, 6.07) is 10.0. The Morgan fingerprint density at radius 3 is 2.00 bits per heavy atom. The average Bonchev–Trinajstić information content (AvgIpc) is 2.70. The summed E-state index contributed by atoms with van der Waals surface area (Å²) in [4.78, 5) is 24.2. The minimum Gasteiger partial charge on any atom is -0.493 e. The Morgan fingerprint density at radius 2 is 1.46 bits per heavy atom. The number of halogens is 1. The van der Waals surface area contributed by atoms with Gasteiger partial charge in [0.15, 0.2) is 11.5 Å². The fraction of sp³-hybridized carbons (Fsp3) is 0.300. The van der Waals surface area contributed by atoms with Crippen molar-refractivity contribution < 1.29 is 23.8 Å². The van der Waals surface area contributed by atoms with Crippen molar-refractivity contribution in [1.29, 1.82) is 0 Å². The van der Waals surface area contributed by atoms with Gasteiger partial charge in [-0.1, -0.05) is 11.6 Å². The van der Waals surface area contributed by atoms with Gasteiger partial charge < -0.3 is 24.8 Å². The smallest absolute Gasteiger partial charge is 0.251 e. The summed E-state index contributed by atoms with van der Waals surface area (Å²) in [5, 5.41) is 6.06. The van der Waals surface area contributed by atoms with Crippen LogP contribution < -0.4 is 24.8 Å². The van der Waals surface area contributed by atoms with E-state index >= 15 is 0 Å². The number of amides is 2. The van der Waals surface area contributed by atoms with Crippen molar-refractivity contribution in [3.63, 3.8) is 0 Å². The molecule has 2 aromatic rings. The lowest BCUT2D eigenvalue weighted by molar-refractivity contribution is -0.120. The topological polar surface area (TPSA) is 85.9 Å². The molecule has 0 heterocycles. The van der Waals surface area contributed by atoms with E-state index in [0.29, 0.717) is 40.9 Å². The van der Waals surface area contributed by atoms with Crippen LogP contribution in [0.4, 0.5) is 0 Å². The van der Waals surface area contributed by atoms with Crippen LogP contribution in [-0.2, 0) is 11.2 Å². The Labute approximate surface area is 168 Å². The van der Waals surface area contributed by atoms with Crippen LogP contribution in [0.15, 0.2) is 36.4 Å². The number of nitrogens with one attached hydrogen (secondary N) is 2. The van der Waals surface area contributed by atoms with Gasteiger partial charge >= 0.3 is 0 Å². The molecule has 150 valence electrons. The molecule has 7 nitrogen and oxygen atoms in total. The lowest BCUT2D eigenvalue weighted by Crippen LogP contribution is -2.35. The van der Waals surface area contributed by atoms with E-state index in [1.165, 1.54) is 21.3 Å². The highest BCUT2D eigenvalue weighted by atomic mass is 35.5. The first-order valence-corrected chi connectivity index (χ1v) is 8.95. The zero-order chi connectivity index (χ0) is 20.5. The van der Waals surface area contributed by atoms with Crippen molar-refractivity contribution in [3.8, 4) is 17.2 Å². The maximum atomic E-state index is 12.2. The highest BCUT2D eigenvalue weighted by Gasteiger charge is 2.15. The summed E-state index contributed by atoms with van der Waals surface area (Å²) >= 11 is 5.80. The predicted octanol–water partition coefficient (Wildman–Crippen LogP) is 2.45. The van der Waals surface area contributed by atoms with Gasteiger partial charge in [0.05, 0.1) is 27.8 Å². The van der Waals surface area contributed by atoms with Crippen LogP contribution in [0, 0.1) is 0 Å². The molecule has 2 N–H and O–H groups in total. The molecule has 0 unspecified atom stereocenters. The minimum atomic E-state index is -0.226. The van der Waals surface area contributed by atoms with Gasteiger partial charge in [-0.25, -0.2) is 0 Å². The largest absolute Gasteiger partial charge is 0.493 e. The van der Waals surface area contributed by atoms with E-state index in [9.17, 15) is 9.59 Å². The number of ether oxygens (including phenoxy) is 3. The van der Waals surface area contributed by atoms with Gasteiger partial charge in [0.25, 0.3) is 5.91 Å². The SMILES string of the molecule is COc1cc(CC(=O)NCCNC(=O)c2ccc(Cl)cc2)cc(OC)c1OC. The monoisotopic (exact) mass is 406 g/mol. The van der Waals surface area contributed by atoms with Crippen molar-refractivity contribution in [3.05, 3.63) is 52.5 Å². The molecule has 2 aromatic carbocycles. The van der Waals surface area contributed by atoms with E-state index in [2.05, 4.69) is 10.6 Å². The molecule has 0 saturated carbocycles. The van der Waals surface area contributed by atoms with Gasteiger partial charge in [0.1, 0.15) is 0 Å². The molecular weight excluding hydrogens is 384 g/mol. The standard InChI is InChI=1S/C20H23ClN2O5/c1-26-16-10-13(11-17(27-2)19(16)28-3)12-18(24)22-8-9-23-20(25)14-4-6-15(21)7-5-14/h4-7,10-11H,8-9,12H2,1-3H3,(H,22,24)(H,23,25). The van der Waals surface area contributed by atoms with Crippen LogP contribution in [0.2, 0.25) is 5.02 Å². The molecule has 0 bridgehead atoms. The van der Waals surface area contributed by atoms with Crippen LogP contribution >= 0.6 is 11.6 Å². The molecule has 0 aliphatic rings. The number of rotatable bonds is 9. The fourth-order valence-corrected chi connectivity index (χ4v) is 2.69. The van der Waals surface area contributed by atoms with Crippen LogP contribution in [0.5, 0.6) is 17.2 Å². The van der Waals surface area contributed by atoms with Gasteiger partial charge in [-0.15, -0.1) is 0 Å². The van der Waals surface area contributed by atoms with Crippen LogP contribution in [0.3, 0.4) is 0 Å². The van der Waals surface area contributed by atoms with E-state index in [-0.39, 0.29) is 18.2 Å². The lowest BCUT2D eigenvalue weighted by atomic mass is 10.1. The highest BCUT2D eigenvalue weighted by Crippen LogP contribution is 2.38. The van der Waals surface area contributed by atoms with Gasteiger partial charge in [-0.3, -0.25) is 9.59 Å². The molecule has 2 rings (SSSR count). The van der Waals surface area contributed by atoms with Gasteiger partial charge in [0, 0.05) is 23.7 Å². The first-order valence-electron chi connectivity index (χ1n) is 8.57. The molecule has 2 amide bonds. The third-order valence-electron chi connectivity index (χ3n) is 3.93. The second kappa shape index (κ2) is 10.4. The maximum Gasteiger partial charge on any atom is 0.251 e. The van der Waals surface area contributed by atoms with Crippen molar-refractivity contribution >= 4 is 23.4 Å². The van der Waals surface area contributed by atoms with Crippen molar-refractivity contribution in [2.24, 2.45) is 0 Å². The first kappa shape index (κ1) is 21.4.